The summed E-state index contributed by atoms with van der Waals surface area (Å²) in [5, 5.41) is 9.52. The fourth-order valence-corrected chi connectivity index (χ4v) is 2.20. The third-order valence-electron chi connectivity index (χ3n) is 3.42. The molecule has 0 bridgehead atoms. The van der Waals surface area contributed by atoms with Crippen molar-refractivity contribution < 1.29 is 9.52 Å². The maximum atomic E-state index is 9.52. The quantitative estimate of drug-likeness (QED) is 0.845. The highest BCUT2D eigenvalue weighted by molar-refractivity contribution is 5.05. The Morgan fingerprint density at radius 2 is 2.31 bits per heavy atom. The zero-order chi connectivity index (χ0) is 11.7. The van der Waals surface area contributed by atoms with E-state index in [2.05, 4.69) is 9.88 Å². The van der Waals surface area contributed by atoms with Crippen LogP contribution in [0.1, 0.15) is 30.7 Å². The molecule has 0 saturated carbocycles. The minimum absolute atomic E-state index is 0.210. The Kier molecular flexibility index (Phi) is 3.30. The molecule has 1 N–H and O–H groups in total. The van der Waals surface area contributed by atoms with E-state index in [-0.39, 0.29) is 6.10 Å². The van der Waals surface area contributed by atoms with Crippen LogP contribution in [0.25, 0.3) is 0 Å². The first-order valence-corrected chi connectivity index (χ1v) is 5.89. The van der Waals surface area contributed by atoms with Gasteiger partial charge in [-0.3, -0.25) is 4.90 Å². The molecule has 2 atom stereocenters. The number of oxazole rings is 1. The predicted molar refractivity (Wildman–Crippen MR) is 61.0 cm³/mol. The van der Waals surface area contributed by atoms with Gasteiger partial charge in [0.25, 0.3) is 0 Å². The Morgan fingerprint density at radius 1 is 1.56 bits per heavy atom. The van der Waals surface area contributed by atoms with Crippen LogP contribution < -0.4 is 0 Å². The van der Waals surface area contributed by atoms with Crippen molar-refractivity contribution in [2.24, 2.45) is 5.92 Å². The van der Waals surface area contributed by atoms with Crippen LogP contribution in [0.15, 0.2) is 4.42 Å². The van der Waals surface area contributed by atoms with Crippen molar-refractivity contribution in [2.45, 2.75) is 39.8 Å². The molecule has 2 unspecified atom stereocenters. The minimum atomic E-state index is -0.210. The van der Waals surface area contributed by atoms with E-state index in [9.17, 15) is 5.11 Å². The lowest BCUT2D eigenvalue weighted by Gasteiger charge is -2.15. The Morgan fingerprint density at radius 3 is 2.81 bits per heavy atom. The summed E-state index contributed by atoms with van der Waals surface area (Å²) in [5.41, 5.74) is 0.973. The maximum Gasteiger partial charge on any atom is 0.208 e. The van der Waals surface area contributed by atoms with Gasteiger partial charge in [0.05, 0.1) is 18.3 Å². The average molecular weight is 224 g/mol. The van der Waals surface area contributed by atoms with Crippen molar-refractivity contribution in [3.05, 3.63) is 17.3 Å². The monoisotopic (exact) mass is 224 g/mol. The lowest BCUT2D eigenvalue weighted by atomic mass is 10.0. The standard InChI is InChI=1S/C12H20N2O2/c1-8-10(3)16-12(13-8)7-14-5-4-11(6-14)9(2)15/h9,11,15H,4-7H2,1-3H3. The normalized spacial score (nSPS) is 23.9. The summed E-state index contributed by atoms with van der Waals surface area (Å²) in [6.07, 6.45) is 0.856. The Hall–Kier alpha value is -0.870. The average Bonchev–Trinajstić information content (AvgIpc) is 2.76. The maximum absolute atomic E-state index is 9.52. The van der Waals surface area contributed by atoms with Crippen molar-refractivity contribution >= 4 is 0 Å². The topological polar surface area (TPSA) is 49.5 Å². The van der Waals surface area contributed by atoms with Crippen molar-refractivity contribution in [1.82, 2.24) is 9.88 Å². The number of hydrogen-bond acceptors (Lipinski definition) is 4. The molecule has 1 aromatic heterocycles. The van der Waals surface area contributed by atoms with Crippen LogP contribution in [0.2, 0.25) is 0 Å². The highest BCUT2D eigenvalue weighted by Crippen LogP contribution is 2.21. The van der Waals surface area contributed by atoms with Gasteiger partial charge in [0, 0.05) is 6.54 Å². The molecule has 0 radical (unpaired) electrons. The molecular formula is C12H20N2O2. The van der Waals surface area contributed by atoms with Crippen molar-refractivity contribution in [3.63, 3.8) is 0 Å². The van der Waals surface area contributed by atoms with E-state index in [0.717, 1.165) is 43.4 Å². The smallest absolute Gasteiger partial charge is 0.208 e. The van der Waals surface area contributed by atoms with Gasteiger partial charge in [0.1, 0.15) is 5.76 Å². The molecular weight excluding hydrogens is 204 g/mol. The summed E-state index contributed by atoms with van der Waals surface area (Å²) in [5.74, 6) is 2.10. The van der Waals surface area contributed by atoms with Gasteiger partial charge in [-0.2, -0.15) is 0 Å². The molecule has 0 spiro atoms. The van der Waals surface area contributed by atoms with Crippen LogP contribution in [0.3, 0.4) is 0 Å². The van der Waals surface area contributed by atoms with Gasteiger partial charge >= 0.3 is 0 Å². The van der Waals surface area contributed by atoms with Crippen LogP contribution in [0.4, 0.5) is 0 Å². The molecule has 1 fully saturated rings. The number of aryl methyl sites for hydroxylation is 2. The first-order valence-electron chi connectivity index (χ1n) is 5.89. The summed E-state index contributed by atoms with van der Waals surface area (Å²) < 4.78 is 5.56. The Balaban J connectivity index is 1.92. The molecule has 16 heavy (non-hydrogen) atoms. The molecule has 2 rings (SSSR count). The van der Waals surface area contributed by atoms with Crippen molar-refractivity contribution in [1.29, 1.82) is 0 Å². The van der Waals surface area contributed by atoms with Gasteiger partial charge in [0.15, 0.2) is 0 Å². The molecule has 1 aliphatic heterocycles. The van der Waals surface area contributed by atoms with Gasteiger partial charge in [-0.25, -0.2) is 4.98 Å². The van der Waals surface area contributed by atoms with Crippen LogP contribution in [0.5, 0.6) is 0 Å². The van der Waals surface area contributed by atoms with Gasteiger partial charge in [0.2, 0.25) is 5.89 Å². The fraction of sp³-hybridized carbons (Fsp3) is 0.750. The van der Waals surface area contributed by atoms with Gasteiger partial charge < -0.3 is 9.52 Å². The van der Waals surface area contributed by atoms with Crippen LogP contribution >= 0.6 is 0 Å². The SMILES string of the molecule is Cc1nc(CN2CCC(C(C)O)C2)oc1C. The number of rotatable bonds is 3. The fourth-order valence-electron chi connectivity index (χ4n) is 2.20. The molecule has 1 aromatic rings. The number of hydrogen-bond donors (Lipinski definition) is 1. The van der Waals surface area contributed by atoms with E-state index in [4.69, 9.17) is 4.42 Å². The third-order valence-corrected chi connectivity index (χ3v) is 3.42. The van der Waals surface area contributed by atoms with Crippen molar-refractivity contribution in [2.75, 3.05) is 13.1 Å². The third kappa shape index (κ3) is 2.44. The second kappa shape index (κ2) is 4.55. The second-order valence-electron chi connectivity index (χ2n) is 4.77. The molecule has 4 nitrogen and oxygen atoms in total. The molecule has 1 aliphatic rings. The molecule has 0 aromatic carbocycles. The molecule has 1 saturated heterocycles. The van der Waals surface area contributed by atoms with E-state index in [1.807, 2.05) is 20.8 Å². The van der Waals surface area contributed by atoms with Gasteiger partial charge in [-0.15, -0.1) is 0 Å². The van der Waals surface area contributed by atoms with Gasteiger partial charge in [-0.1, -0.05) is 0 Å². The summed E-state index contributed by atoms with van der Waals surface area (Å²) >= 11 is 0. The summed E-state index contributed by atoms with van der Waals surface area (Å²) in [6, 6.07) is 0. The number of aromatic nitrogens is 1. The number of likely N-dealkylation sites (tertiary alicyclic amines) is 1. The molecule has 4 heteroatoms. The molecule has 0 aliphatic carbocycles. The number of aliphatic hydroxyl groups excluding tert-OH is 1. The van der Waals surface area contributed by atoms with Crippen LogP contribution in [0, 0.1) is 19.8 Å². The summed E-state index contributed by atoms with van der Waals surface area (Å²) in [7, 11) is 0. The first kappa shape index (κ1) is 11.6. The summed E-state index contributed by atoms with van der Waals surface area (Å²) in [4.78, 5) is 6.67. The van der Waals surface area contributed by atoms with Crippen LogP contribution in [-0.4, -0.2) is 34.2 Å². The van der Waals surface area contributed by atoms with E-state index in [0.29, 0.717) is 5.92 Å². The van der Waals surface area contributed by atoms with E-state index < -0.39 is 0 Å². The second-order valence-corrected chi connectivity index (χ2v) is 4.77. The number of aliphatic hydroxyl groups is 1. The zero-order valence-electron chi connectivity index (χ0n) is 10.2. The van der Waals surface area contributed by atoms with Gasteiger partial charge in [-0.05, 0) is 39.7 Å². The van der Waals surface area contributed by atoms with E-state index in [1.54, 1.807) is 0 Å². The minimum Gasteiger partial charge on any atom is -0.444 e. The Labute approximate surface area is 96.3 Å². The molecule has 90 valence electrons. The summed E-state index contributed by atoms with van der Waals surface area (Å²) in [6.45, 7) is 8.50. The first-order chi connectivity index (χ1) is 7.56. The van der Waals surface area contributed by atoms with Crippen molar-refractivity contribution in [3.8, 4) is 0 Å². The van der Waals surface area contributed by atoms with E-state index >= 15 is 0 Å². The van der Waals surface area contributed by atoms with E-state index in [1.165, 1.54) is 0 Å². The van der Waals surface area contributed by atoms with Crippen LogP contribution in [-0.2, 0) is 6.54 Å². The number of nitrogens with zero attached hydrogens (tertiary/aromatic N) is 2. The largest absolute Gasteiger partial charge is 0.444 e. The highest BCUT2D eigenvalue weighted by Gasteiger charge is 2.26. The molecule has 2 heterocycles. The lowest BCUT2D eigenvalue weighted by Crippen LogP contribution is -2.24. The predicted octanol–water partition coefficient (Wildman–Crippen LogP) is 1.49. The zero-order valence-corrected chi connectivity index (χ0v) is 10.2. The lowest BCUT2D eigenvalue weighted by molar-refractivity contribution is 0.126. The molecule has 0 amide bonds. The Bertz CT molecular complexity index is 340. The highest BCUT2D eigenvalue weighted by atomic mass is 16.4.